The summed E-state index contributed by atoms with van der Waals surface area (Å²) in [7, 11) is 2.51. The topological polar surface area (TPSA) is 111 Å². The van der Waals surface area contributed by atoms with E-state index in [4.69, 9.17) is 14.4 Å². The number of halogens is 3. The Bertz CT molecular complexity index is 1100. The predicted octanol–water partition coefficient (Wildman–Crippen LogP) is 3.97. The summed E-state index contributed by atoms with van der Waals surface area (Å²) in [5, 5.41) is 16.9. The van der Waals surface area contributed by atoms with Crippen molar-refractivity contribution in [1.82, 2.24) is 15.4 Å². The van der Waals surface area contributed by atoms with Crippen LogP contribution in [0.1, 0.15) is 29.2 Å². The average molecular weight is 477 g/mol. The van der Waals surface area contributed by atoms with Crippen molar-refractivity contribution < 1.29 is 32.4 Å². The van der Waals surface area contributed by atoms with Gasteiger partial charge in [-0.1, -0.05) is 46.7 Å². The number of nitrogens with zero attached hydrogens (tertiary/aromatic N) is 4. The second-order valence-electron chi connectivity index (χ2n) is 6.46. The van der Waals surface area contributed by atoms with Gasteiger partial charge in [0.25, 0.3) is 0 Å². The van der Waals surface area contributed by atoms with Crippen LogP contribution in [0.25, 0.3) is 0 Å². The Morgan fingerprint density at radius 3 is 2.32 bits per heavy atom. The minimum atomic E-state index is -4.44. The Morgan fingerprint density at radius 2 is 1.74 bits per heavy atom. The Labute approximate surface area is 193 Å². The van der Waals surface area contributed by atoms with Crippen molar-refractivity contribution in [2.45, 2.75) is 19.7 Å². The number of rotatable bonds is 7. The predicted molar refractivity (Wildman–Crippen MR) is 117 cm³/mol. The number of aromatic amines is 1. The van der Waals surface area contributed by atoms with Gasteiger partial charge in [-0.15, -0.1) is 0 Å². The summed E-state index contributed by atoms with van der Waals surface area (Å²) in [5.74, 6) is -0.692. The lowest BCUT2D eigenvalue weighted by molar-refractivity contribution is -0.137. The molecule has 2 aromatic carbocycles. The van der Waals surface area contributed by atoms with E-state index in [0.29, 0.717) is 11.1 Å². The maximum atomic E-state index is 12.9. The van der Waals surface area contributed by atoms with Gasteiger partial charge in [-0.05, 0) is 24.6 Å². The van der Waals surface area contributed by atoms with E-state index in [1.807, 2.05) is 0 Å². The molecule has 0 aliphatic carbocycles. The molecule has 0 bridgehead atoms. The van der Waals surface area contributed by atoms with Crippen LogP contribution >= 0.6 is 0 Å². The van der Waals surface area contributed by atoms with Crippen molar-refractivity contribution in [2.24, 2.45) is 10.3 Å². The summed E-state index contributed by atoms with van der Waals surface area (Å²) in [5.41, 5.74) is 0.722. The molecule has 0 amide bonds. The van der Waals surface area contributed by atoms with Crippen molar-refractivity contribution in [3.63, 3.8) is 0 Å². The van der Waals surface area contributed by atoms with E-state index < -0.39 is 17.7 Å². The molecule has 3 rings (SSSR count). The highest BCUT2D eigenvalue weighted by molar-refractivity contribution is 6.43. The van der Waals surface area contributed by atoms with Crippen LogP contribution in [0.15, 0.2) is 71.2 Å². The molecule has 1 heterocycles. The van der Waals surface area contributed by atoms with E-state index in [9.17, 15) is 18.0 Å². The molecule has 1 N–H and O–H groups in total. The second-order valence-corrected chi connectivity index (χ2v) is 6.46. The van der Waals surface area contributed by atoms with Gasteiger partial charge >= 0.3 is 12.1 Å². The molecule has 0 spiro atoms. The number of oxime groups is 2. The van der Waals surface area contributed by atoms with Gasteiger partial charge < -0.3 is 14.4 Å². The summed E-state index contributed by atoms with van der Waals surface area (Å²) in [6.45, 7) is 1.49. The van der Waals surface area contributed by atoms with Gasteiger partial charge in [-0.3, -0.25) is 0 Å². The van der Waals surface area contributed by atoms with E-state index >= 15 is 0 Å². The number of ether oxygens (including phenoxy) is 1. The maximum Gasteiger partial charge on any atom is 0.416 e. The third kappa shape index (κ3) is 7.73. The maximum absolute atomic E-state index is 12.9. The first-order chi connectivity index (χ1) is 16.3. The molecule has 0 unspecified atom stereocenters. The number of esters is 1. The molecule has 1 aromatic heterocycles. The van der Waals surface area contributed by atoms with Crippen molar-refractivity contribution in [3.8, 4) is 0 Å². The van der Waals surface area contributed by atoms with E-state index in [2.05, 4.69) is 25.7 Å². The molecule has 180 valence electrons. The van der Waals surface area contributed by atoms with E-state index in [-0.39, 0.29) is 23.6 Å². The summed E-state index contributed by atoms with van der Waals surface area (Å²) in [6.07, 6.45) is -1.28. The Kier molecular flexibility index (Phi) is 9.74. The van der Waals surface area contributed by atoms with Gasteiger partial charge in [-0.2, -0.15) is 28.6 Å². The molecule has 0 aliphatic heterocycles. The number of alkyl halides is 3. The highest BCUT2D eigenvalue weighted by Crippen LogP contribution is 2.29. The summed E-state index contributed by atoms with van der Waals surface area (Å²) in [4.78, 5) is 21.9. The van der Waals surface area contributed by atoms with Gasteiger partial charge in [0.1, 0.15) is 13.7 Å². The lowest BCUT2D eigenvalue weighted by atomic mass is 10.0. The fourth-order valence-electron chi connectivity index (χ4n) is 2.60. The van der Waals surface area contributed by atoms with Gasteiger partial charge in [0.2, 0.25) is 0 Å². The first-order valence-electron chi connectivity index (χ1n) is 9.69. The number of H-pyrrole nitrogens is 1. The third-order valence-corrected chi connectivity index (χ3v) is 4.19. The first kappa shape index (κ1) is 26.0. The Morgan fingerprint density at radius 1 is 1.03 bits per heavy atom. The molecule has 0 saturated carbocycles. The van der Waals surface area contributed by atoms with Gasteiger partial charge in [0.05, 0.1) is 30.8 Å². The fraction of sp³-hybridized carbons (Fsp3) is 0.227. The zero-order chi connectivity index (χ0) is 25.0. The number of carbonyl (C=O) groups excluding carboxylic acids is 1. The number of carbonyl (C=O) groups is 1. The van der Waals surface area contributed by atoms with Crippen LogP contribution in [-0.4, -0.2) is 47.0 Å². The fourth-order valence-corrected chi connectivity index (χ4v) is 2.60. The minimum Gasteiger partial charge on any atom is -0.464 e. The highest BCUT2D eigenvalue weighted by Gasteiger charge is 2.30. The van der Waals surface area contributed by atoms with Crippen molar-refractivity contribution >= 4 is 17.4 Å². The largest absolute Gasteiger partial charge is 0.464 e. The van der Waals surface area contributed by atoms with Crippen LogP contribution < -0.4 is 0 Å². The number of nitrogens with one attached hydrogen (secondary N) is 1. The number of methoxy groups -OCH3 is 1. The smallest absolute Gasteiger partial charge is 0.416 e. The number of benzene rings is 2. The number of hydrogen-bond acceptors (Lipinski definition) is 8. The molecular formula is C22H22F3N5O4. The zero-order valence-electron chi connectivity index (χ0n) is 18.5. The highest BCUT2D eigenvalue weighted by atomic mass is 19.4. The second kappa shape index (κ2) is 12.7. The molecule has 12 heteroatoms. The Balaban J connectivity index is 0.000000720. The van der Waals surface area contributed by atoms with Crippen molar-refractivity contribution in [1.29, 1.82) is 0 Å². The third-order valence-electron chi connectivity index (χ3n) is 4.19. The van der Waals surface area contributed by atoms with Crippen molar-refractivity contribution in [3.05, 3.63) is 83.2 Å². The molecule has 0 saturated heterocycles. The SMILES string of the molecule is CO/N=C(/C(=O)OC)c1ccccc1CO/N=C(\C)c1cccc(C(F)(F)F)c1.c1cn[nH]n1. The normalized spacial score (nSPS) is 11.8. The standard InChI is InChI=1S/C20H19F3N2O4.C2H3N3/c1-13(14-8-6-9-16(11-14)20(21,22)23)24-29-12-15-7-4-5-10-17(15)18(25-28-3)19(26)27-2;1-2-4-5-3-1/h4-11H,12H2,1-3H3;1-2H,(H,3,4,5)/b24-13+,25-18+;. The van der Waals surface area contributed by atoms with Gasteiger partial charge in [0, 0.05) is 11.1 Å². The molecule has 0 radical (unpaired) electrons. The first-order valence-corrected chi connectivity index (χ1v) is 9.69. The van der Waals surface area contributed by atoms with Crippen LogP contribution in [-0.2, 0) is 32.0 Å². The molecule has 0 aliphatic rings. The van der Waals surface area contributed by atoms with E-state index in [1.165, 1.54) is 33.3 Å². The monoisotopic (exact) mass is 477 g/mol. The van der Waals surface area contributed by atoms with Crippen LogP contribution in [0.3, 0.4) is 0 Å². The number of hydrogen-bond donors (Lipinski definition) is 1. The molecule has 0 atom stereocenters. The van der Waals surface area contributed by atoms with Crippen LogP contribution in [0, 0.1) is 0 Å². The Hall–Kier alpha value is -4.22. The van der Waals surface area contributed by atoms with Crippen molar-refractivity contribution in [2.75, 3.05) is 14.2 Å². The lowest BCUT2D eigenvalue weighted by Gasteiger charge is -2.10. The molecule has 9 nitrogen and oxygen atoms in total. The summed E-state index contributed by atoms with van der Waals surface area (Å²) < 4.78 is 43.3. The van der Waals surface area contributed by atoms with Gasteiger partial charge in [-0.25, -0.2) is 4.79 Å². The van der Waals surface area contributed by atoms with Crippen LogP contribution in [0.4, 0.5) is 13.2 Å². The van der Waals surface area contributed by atoms with Gasteiger partial charge in [0.15, 0.2) is 5.71 Å². The molecule has 3 aromatic rings. The van der Waals surface area contributed by atoms with Crippen LogP contribution in [0.2, 0.25) is 0 Å². The molecular weight excluding hydrogens is 455 g/mol. The average Bonchev–Trinajstić information content (AvgIpc) is 3.42. The van der Waals surface area contributed by atoms with E-state index in [1.54, 1.807) is 36.7 Å². The molecule has 34 heavy (non-hydrogen) atoms. The summed E-state index contributed by atoms with van der Waals surface area (Å²) in [6, 6.07) is 11.5. The van der Waals surface area contributed by atoms with E-state index in [0.717, 1.165) is 12.1 Å². The quantitative estimate of drug-likeness (QED) is 0.313. The molecule has 0 fully saturated rings. The van der Waals surface area contributed by atoms with Crippen LogP contribution in [0.5, 0.6) is 0 Å². The zero-order valence-corrected chi connectivity index (χ0v) is 18.5. The summed E-state index contributed by atoms with van der Waals surface area (Å²) >= 11 is 0. The number of aromatic nitrogens is 3. The minimum absolute atomic E-state index is 0.0484. The lowest BCUT2D eigenvalue weighted by Crippen LogP contribution is -2.19.